The fourth-order valence-corrected chi connectivity index (χ4v) is 3.06. The lowest BCUT2D eigenvalue weighted by molar-refractivity contribution is 0.0686. The van der Waals surface area contributed by atoms with E-state index in [1.165, 1.54) is 0 Å². The SMILES string of the molecule is O=C(O)c1ccc(OCC2CO2)cc1-c1ccc(OCC2CO2)cc1.O=C(O)c1ccccc1. The van der Waals surface area contributed by atoms with Crippen molar-refractivity contribution in [3.8, 4) is 22.6 Å². The van der Waals surface area contributed by atoms with E-state index in [9.17, 15) is 14.7 Å². The van der Waals surface area contributed by atoms with Gasteiger partial charge in [0.15, 0.2) is 0 Å². The number of rotatable bonds is 9. The second kappa shape index (κ2) is 10.8. The molecule has 0 aromatic heterocycles. The lowest BCUT2D eigenvalue weighted by Gasteiger charge is -2.11. The van der Waals surface area contributed by atoms with Crippen LogP contribution in [0.5, 0.6) is 11.5 Å². The van der Waals surface area contributed by atoms with Crippen molar-refractivity contribution in [3.05, 3.63) is 83.9 Å². The van der Waals surface area contributed by atoms with Gasteiger partial charge in [-0.25, -0.2) is 9.59 Å². The van der Waals surface area contributed by atoms with E-state index in [-0.39, 0.29) is 17.8 Å². The maximum atomic E-state index is 11.5. The fourth-order valence-electron chi connectivity index (χ4n) is 3.06. The Morgan fingerprint density at radius 1 is 0.765 bits per heavy atom. The van der Waals surface area contributed by atoms with Crippen LogP contribution in [0.4, 0.5) is 0 Å². The molecule has 8 nitrogen and oxygen atoms in total. The molecule has 2 aliphatic heterocycles. The van der Waals surface area contributed by atoms with Crippen molar-refractivity contribution in [1.82, 2.24) is 0 Å². The Balaban J connectivity index is 0.000000257. The Bertz CT molecular complexity index is 1120. The number of hydrogen-bond acceptors (Lipinski definition) is 6. The molecule has 2 aliphatic rings. The van der Waals surface area contributed by atoms with E-state index in [1.807, 2.05) is 24.3 Å². The highest BCUT2D eigenvalue weighted by Gasteiger charge is 2.24. The number of carbonyl (C=O) groups is 2. The van der Waals surface area contributed by atoms with Gasteiger partial charge in [0.1, 0.15) is 36.9 Å². The van der Waals surface area contributed by atoms with Crippen molar-refractivity contribution >= 4 is 11.9 Å². The van der Waals surface area contributed by atoms with Gasteiger partial charge in [0.05, 0.1) is 24.3 Å². The molecule has 2 saturated heterocycles. The van der Waals surface area contributed by atoms with Crippen molar-refractivity contribution in [2.75, 3.05) is 26.4 Å². The first-order valence-electron chi connectivity index (χ1n) is 10.7. The molecule has 0 radical (unpaired) electrons. The van der Waals surface area contributed by atoms with Crippen molar-refractivity contribution in [2.45, 2.75) is 12.2 Å². The van der Waals surface area contributed by atoms with Crippen LogP contribution in [0.15, 0.2) is 72.8 Å². The molecular formula is C26H24O8. The van der Waals surface area contributed by atoms with E-state index in [2.05, 4.69) is 0 Å². The zero-order valence-electron chi connectivity index (χ0n) is 18.3. The normalized spacial score (nSPS) is 17.6. The molecule has 0 aliphatic carbocycles. The number of aromatic carboxylic acids is 2. The molecule has 0 amide bonds. The summed E-state index contributed by atoms with van der Waals surface area (Å²) in [4.78, 5) is 21.7. The summed E-state index contributed by atoms with van der Waals surface area (Å²) in [6, 6.07) is 20.6. The fraction of sp³-hybridized carbons (Fsp3) is 0.231. The second-order valence-electron chi connectivity index (χ2n) is 7.74. The molecule has 2 unspecified atom stereocenters. The predicted octanol–water partition coefficient (Wildman–Crippen LogP) is 3.99. The highest BCUT2D eigenvalue weighted by atomic mass is 16.6. The summed E-state index contributed by atoms with van der Waals surface area (Å²) in [5.41, 5.74) is 1.96. The molecule has 0 spiro atoms. The molecule has 5 rings (SSSR count). The lowest BCUT2D eigenvalue weighted by Crippen LogP contribution is -2.06. The van der Waals surface area contributed by atoms with E-state index in [0.29, 0.717) is 36.7 Å². The Morgan fingerprint density at radius 3 is 1.82 bits per heavy atom. The molecule has 176 valence electrons. The van der Waals surface area contributed by atoms with Crippen molar-refractivity contribution in [1.29, 1.82) is 0 Å². The molecule has 2 N–H and O–H groups in total. The summed E-state index contributed by atoms with van der Waals surface area (Å²) in [7, 11) is 0. The minimum Gasteiger partial charge on any atom is -0.491 e. The maximum Gasteiger partial charge on any atom is 0.336 e. The quantitative estimate of drug-likeness (QED) is 0.457. The van der Waals surface area contributed by atoms with Crippen LogP contribution in [-0.2, 0) is 9.47 Å². The van der Waals surface area contributed by atoms with Gasteiger partial charge in [0, 0.05) is 0 Å². The van der Waals surface area contributed by atoms with Crippen LogP contribution in [0, 0.1) is 0 Å². The summed E-state index contributed by atoms with van der Waals surface area (Å²) in [5, 5.41) is 17.8. The van der Waals surface area contributed by atoms with Crippen LogP contribution < -0.4 is 9.47 Å². The molecule has 34 heavy (non-hydrogen) atoms. The van der Waals surface area contributed by atoms with Gasteiger partial charge in [-0.1, -0.05) is 30.3 Å². The molecular weight excluding hydrogens is 440 g/mol. The summed E-state index contributed by atoms with van der Waals surface area (Å²) < 4.78 is 21.5. The largest absolute Gasteiger partial charge is 0.491 e. The Hall–Kier alpha value is -3.88. The average molecular weight is 464 g/mol. The Kier molecular flexibility index (Phi) is 7.41. The number of hydrogen-bond donors (Lipinski definition) is 2. The van der Waals surface area contributed by atoms with Crippen LogP contribution in [0.3, 0.4) is 0 Å². The second-order valence-corrected chi connectivity index (χ2v) is 7.74. The van der Waals surface area contributed by atoms with Gasteiger partial charge in [-0.3, -0.25) is 0 Å². The van der Waals surface area contributed by atoms with E-state index in [4.69, 9.17) is 24.1 Å². The Morgan fingerprint density at radius 2 is 1.32 bits per heavy atom. The lowest BCUT2D eigenvalue weighted by atomic mass is 9.99. The van der Waals surface area contributed by atoms with Gasteiger partial charge in [0.2, 0.25) is 0 Å². The third kappa shape index (κ3) is 6.81. The van der Waals surface area contributed by atoms with Crippen LogP contribution in [-0.4, -0.2) is 60.8 Å². The molecule has 2 atom stereocenters. The highest BCUT2D eigenvalue weighted by molar-refractivity contribution is 5.96. The zero-order valence-corrected chi connectivity index (χ0v) is 18.3. The summed E-state index contributed by atoms with van der Waals surface area (Å²) in [6.07, 6.45) is 0.344. The van der Waals surface area contributed by atoms with Crippen LogP contribution in [0.1, 0.15) is 20.7 Å². The summed E-state index contributed by atoms with van der Waals surface area (Å²) >= 11 is 0. The van der Waals surface area contributed by atoms with Crippen molar-refractivity contribution in [3.63, 3.8) is 0 Å². The molecule has 0 saturated carbocycles. The minimum atomic E-state index is -0.974. The standard InChI is InChI=1S/C19H18O6.C7H6O2/c20-19(21)17-6-5-14(23-9-16-11-25-16)7-18(17)12-1-3-13(4-2-12)22-8-15-10-24-15;8-7(9)6-4-2-1-3-5-6/h1-7,15-16H,8-11H2,(H,20,21);1-5H,(H,8,9). The van der Waals surface area contributed by atoms with Gasteiger partial charge < -0.3 is 29.2 Å². The van der Waals surface area contributed by atoms with Crippen LogP contribution in [0.25, 0.3) is 11.1 Å². The van der Waals surface area contributed by atoms with Crippen molar-refractivity contribution in [2.24, 2.45) is 0 Å². The zero-order chi connectivity index (χ0) is 23.9. The number of carboxylic acid groups (broad SMARTS) is 2. The molecule has 3 aromatic carbocycles. The first kappa shape index (κ1) is 23.3. The number of benzene rings is 3. The number of ether oxygens (including phenoxy) is 4. The summed E-state index contributed by atoms with van der Waals surface area (Å²) in [6.45, 7) is 2.47. The molecule has 2 fully saturated rings. The molecule has 2 heterocycles. The third-order valence-corrected chi connectivity index (χ3v) is 5.08. The minimum absolute atomic E-state index is 0.148. The van der Waals surface area contributed by atoms with Gasteiger partial charge in [0.25, 0.3) is 0 Å². The molecule has 3 aromatic rings. The van der Waals surface area contributed by atoms with E-state index < -0.39 is 11.9 Å². The summed E-state index contributed by atoms with van der Waals surface area (Å²) in [5.74, 6) is -0.495. The first-order valence-corrected chi connectivity index (χ1v) is 10.7. The van der Waals surface area contributed by atoms with Gasteiger partial charge in [-0.05, 0) is 53.6 Å². The third-order valence-electron chi connectivity index (χ3n) is 5.08. The van der Waals surface area contributed by atoms with E-state index >= 15 is 0 Å². The monoisotopic (exact) mass is 464 g/mol. The van der Waals surface area contributed by atoms with Gasteiger partial charge in [-0.15, -0.1) is 0 Å². The van der Waals surface area contributed by atoms with Gasteiger partial charge in [-0.2, -0.15) is 0 Å². The maximum absolute atomic E-state index is 11.5. The van der Waals surface area contributed by atoms with Crippen molar-refractivity contribution < 1.29 is 38.7 Å². The van der Waals surface area contributed by atoms with E-state index in [1.54, 1.807) is 48.5 Å². The smallest absolute Gasteiger partial charge is 0.336 e. The van der Waals surface area contributed by atoms with Crippen LogP contribution in [0.2, 0.25) is 0 Å². The Labute approximate surface area is 196 Å². The molecule has 0 bridgehead atoms. The molecule has 8 heteroatoms. The average Bonchev–Trinajstić information content (AvgIpc) is 3.78. The first-order chi connectivity index (χ1) is 16.5. The number of epoxide rings is 2. The highest BCUT2D eigenvalue weighted by Crippen LogP contribution is 2.30. The van der Waals surface area contributed by atoms with E-state index in [0.717, 1.165) is 17.9 Å². The van der Waals surface area contributed by atoms with Crippen LogP contribution >= 0.6 is 0 Å². The topological polar surface area (TPSA) is 118 Å². The predicted molar refractivity (Wildman–Crippen MR) is 123 cm³/mol. The van der Waals surface area contributed by atoms with Gasteiger partial charge >= 0.3 is 11.9 Å². The number of carboxylic acids is 2.